The van der Waals surface area contributed by atoms with Gasteiger partial charge in [0.25, 0.3) is 0 Å². The summed E-state index contributed by atoms with van der Waals surface area (Å²) in [5.74, 6) is 1.80. The predicted molar refractivity (Wildman–Crippen MR) is 103 cm³/mol. The van der Waals surface area contributed by atoms with Crippen LogP contribution in [-0.4, -0.2) is 0 Å². The smallest absolute Gasteiger partial charge is 0.0348 e. The molecule has 0 nitrogen and oxygen atoms in total. The van der Waals surface area contributed by atoms with Gasteiger partial charge in [0.05, 0.1) is 0 Å². The third-order valence-corrected chi connectivity index (χ3v) is 4.97. The molecule has 0 heterocycles. The van der Waals surface area contributed by atoms with Crippen molar-refractivity contribution in [1.29, 1.82) is 0 Å². The molecule has 0 radical (unpaired) electrons. The lowest BCUT2D eigenvalue weighted by Crippen LogP contribution is -2.08. The Morgan fingerprint density at radius 3 is 1.73 bits per heavy atom. The Hall–Kier alpha value is -0.260. The Labute approximate surface area is 142 Å². The molecule has 1 unspecified atom stereocenters. The van der Waals surface area contributed by atoms with Crippen molar-refractivity contribution >= 4 is 0 Å². The lowest BCUT2D eigenvalue weighted by molar-refractivity contribution is 0.326. The molecule has 0 aromatic rings. The first kappa shape index (κ1) is 21.7. The molecule has 22 heavy (non-hydrogen) atoms. The second kappa shape index (κ2) is 17.1. The molecular formula is C22H44. The van der Waals surface area contributed by atoms with Crippen molar-refractivity contribution in [2.75, 3.05) is 0 Å². The van der Waals surface area contributed by atoms with Crippen molar-refractivity contribution in [3.05, 3.63) is 12.2 Å². The zero-order valence-electron chi connectivity index (χ0n) is 16.2. The highest BCUT2D eigenvalue weighted by atomic mass is 14.2. The molecule has 132 valence electrons. The Morgan fingerprint density at radius 2 is 1.14 bits per heavy atom. The van der Waals surface area contributed by atoms with Gasteiger partial charge < -0.3 is 0 Å². The van der Waals surface area contributed by atoms with Crippen LogP contribution in [0.4, 0.5) is 0 Å². The van der Waals surface area contributed by atoms with E-state index >= 15 is 0 Å². The van der Waals surface area contributed by atoms with E-state index < -0.39 is 0 Å². The maximum absolute atomic E-state index is 2.45. The first-order chi connectivity index (χ1) is 10.7. The topological polar surface area (TPSA) is 0 Å². The molecule has 0 saturated carbocycles. The van der Waals surface area contributed by atoms with Crippen molar-refractivity contribution in [3.8, 4) is 0 Å². The van der Waals surface area contributed by atoms with Crippen molar-refractivity contribution in [2.24, 2.45) is 11.8 Å². The lowest BCUT2D eigenvalue weighted by atomic mass is 9.86. The minimum atomic E-state index is 0.855. The number of rotatable bonds is 16. The van der Waals surface area contributed by atoms with Crippen LogP contribution in [0.3, 0.4) is 0 Å². The zero-order chi connectivity index (χ0) is 16.5. The van der Waals surface area contributed by atoms with Crippen molar-refractivity contribution in [1.82, 2.24) is 0 Å². The molecule has 1 atom stereocenters. The van der Waals surface area contributed by atoms with Crippen LogP contribution in [0.1, 0.15) is 118 Å². The Balaban J connectivity index is 3.59. The molecule has 0 aromatic heterocycles. The van der Waals surface area contributed by atoms with E-state index in [4.69, 9.17) is 0 Å². The van der Waals surface area contributed by atoms with Crippen molar-refractivity contribution in [3.63, 3.8) is 0 Å². The largest absolute Gasteiger partial charge is 0.0885 e. The van der Waals surface area contributed by atoms with Crippen LogP contribution in [0.15, 0.2) is 12.2 Å². The summed E-state index contributed by atoms with van der Waals surface area (Å²) in [5.41, 5.74) is 0. The summed E-state index contributed by atoms with van der Waals surface area (Å²) in [4.78, 5) is 0. The van der Waals surface area contributed by atoms with E-state index in [2.05, 4.69) is 39.8 Å². The fourth-order valence-corrected chi connectivity index (χ4v) is 3.23. The van der Waals surface area contributed by atoms with Gasteiger partial charge in [0.1, 0.15) is 0 Å². The summed E-state index contributed by atoms with van der Waals surface area (Å²) in [5, 5.41) is 0. The summed E-state index contributed by atoms with van der Waals surface area (Å²) in [6.45, 7) is 9.41. The second-order valence-electron chi connectivity index (χ2n) is 7.46. The van der Waals surface area contributed by atoms with Gasteiger partial charge in [0.2, 0.25) is 0 Å². The third kappa shape index (κ3) is 14.7. The molecule has 0 aliphatic heterocycles. The highest BCUT2D eigenvalue weighted by Gasteiger charge is 2.11. The van der Waals surface area contributed by atoms with Gasteiger partial charge in [-0.15, -0.1) is 0 Å². The normalized spacial score (nSPS) is 13.3. The number of allylic oxidation sites excluding steroid dienone is 2. The Kier molecular flexibility index (Phi) is 16.9. The fraction of sp³-hybridized carbons (Fsp3) is 0.909. The van der Waals surface area contributed by atoms with Crippen LogP contribution in [0, 0.1) is 11.8 Å². The fourth-order valence-electron chi connectivity index (χ4n) is 3.23. The van der Waals surface area contributed by atoms with Gasteiger partial charge in [-0.25, -0.2) is 0 Å². The van der Waals surface area contributed by atoms with E-state index in [1.54, 1.807) is 0 Å². The molecule has 0 saturated heterocycles. The van der Waals surface area contributed by atoms with Crippen LogP contribution < -0.4 is 0 Å². The molecule has 0 amide bonds. The van der Waals surface area contributed by atoms with E-state index in [1.165, 1.54) is 89.9 Å². The van der Waals surface area contributed by atoms with Gasteiger partial charge in [-0.1, -0.05) is 104 Å². The average molecular weight is 309 g/mol. The van der Waals surface area contributed by atoms with Gasteiger partial charge in [-0.2, -0.15) is 0 Å². The molecule has 0 fully saturated rings. The molecule has 0 spiro atoms. The summed E-state index contributed by atoms with van der Waals surface area (Å²) in [6.07, 6.45) is 24.5. The van der Waals surface area contributed by atoms with Crippen molar-refractivity contribution < 1.29 is 0 Å². The molecular weight excluding hydrogens is 264 g/mol. The number of hydrogen-bond acceptors (Lipinski definition) is 0. The second-order valence-corrected chi connectivity index (χ2v) is 7.46. The molecule has 0 rings (SSSR count). The maximum atomic E-state index is 2.45. The van der Waals surface area contributed by atoms with E-state index in [0.717, 1.165) is 11.8 Å². The minimum absolute atomic E-state index is 0.855. The van der Waals surface area contributed by atoms with Crippen molar-refractivity contribution in [2.45, 2.75) is 118 Å². The predicted octanol–water partition coefficient (Wildman–Crippen LogP) is 8.32. The molecule has 0 aliphatic carbocycles. The standard InChI is InChI=1S/C22H44/c1-5-7-9-11-12-13-14-16-18-20-22(21(3)4)19-17-15-10-8-6-2/h14,16,21-22H,5-13,15,17-20H2,1-4H3/b16-14+. The molecule has 0 aliphatic rings. The summed E-state index contributed by atoms with van der Waals surface area (Å²) in [6, 6.07) is 0. The minimum Gasteiger partial charge on any atom is -0.0885 e. The molecule has 0 N–H and O–H groups in total. The first-order valence-electron chi connectivity index (χ1n) is 10.4. The molecule has 0 heteroatoms. The quantitative estimate of drug-likeness (QED) is 0.198. The van der Waals surface area contributed by atoms with E-state index in [-0.39, 0.29) is 0 Å². The zero-order valence-corrected chi connectivity index (χ0v) is 16.2. The third-order valence-electron chi connectivity index (χ3n) is 4.97. The first-order valence-corrected chi connectivity index (χ1v) is 10.4. The highest BCUT2D eigenvalue weighted by molar-refractivity contribution is 4.82. The molecule has 0 bridgehead atoms. The van der Waals surface area contributed by atoms with Gasteiger partial charge >= 0.3 is 0 Å². The molecule has 0 aromatic carbocycles. The van der Waals surface area contributed by atoms with Crippen LogP contribution in [0.5, 0.6) is 0 Å². The Morgan fingerprint density at radius 1 is 0.591 bits per heavy atom. The maximum Gasteiger partial charge on any atom is -0.0348 e. The summed E-state index contributed by atoms with van der Waals surface area (Å²) in [7, 11) is 0. The van der Waals surface area contributed by atoms with Gasteiger partial charge in [-0.05, 0) is 37.5 Å². The van der Waals surface area contributed by atoms with Crippen LogP contribution >= 0.6 is 0 Å². The SMILES string of the molecule is CCCCCCC/C=C/CCC(CCCCCCC)C(C)C. The number of unbranched alkanes of at least 4 members (excludes halogenated alkanes) is 9. The van der Waals surface area contributed by atoms with Crippen LogP contribution in [0.2, 0.25) is 0 Å². The van der Waals surface area contributed by atoms with E-state index in [1.807, 2.05) is 0 Å². The van der Waals surface area contributed by atoms with Gasteiger partial charge in [-0.3, -0.25) is 0 Å². The van der Waals surface area contributed by atoms with E-state index in [9.17, 15) is 0 Å². The monoisotopic (exact) mass is 308 g/mol. The highest BCUT2D eigenvalue weighted by Crippen LogP contribution is 2.24. The summed E-state index contributed by atoms with van der Waals surface area (Å²) >= 11 is 0. The van der Waals surface area contributed by atoms with Gasteiger partial charge in [0.15, 0.2) is 0 Å². The summed E-state index contributed by atoms with van der Waals surface area (Å²) < 4.78 is 0. The van der Waals surface area contributed by atoms with E-state index in [0.29, 0.717) is 0 Å². The van der Waals surface area contributed by atoms with Gasteiger partial charge in [0, 0.05) is 0 Å². The van der Waals surface area contributed by atoms with Crippen LogP contribution in [0.25, 0.3) is 0 Å². The number of hydrogen-bond donors (Lipinski definition) is 0. The van der Waals surface area contributed by atoms with Crippen LogP contribution in [-0.2, 0) is 0 Å². The lowest BCUT2D eigenvalue weighted by Gasteiger charge is -2.20. The Bertz CT molecular complexity index is 226. The average Bonchev–Trinajstić information content (AvgIpc) is 2.50.